The molecule has 0 aliphatic carbocycles. The molecule has 0 fully saturated rings. The maximum absolute atomic E-state index is 12.0. The third kappa shape index (κ3) is 1.98. The molecule has 0 aliphatic rings. The zero-order valence-electron chi connectivity index (χ0n) is 9.02. The van der Waals surface area contributed by atoms with E-state index in [4.69, 9.17) is 10.3 Å². The Balaban J connectivity index is 3.28. The van der Waals surface area contributed by atoms with Crippen molar-refractivity contribution in [2.24, 2.45) is 0 Å². The fourth-order valence-electron chi connectivity index (χ4n) is 1.39. The third-order valence-electron chi connectivity index (χ3n) is 2.14. The van der Waals surface area contributed by atoms with Crippen molar-refractivity contribution in [3.63, 3.8) is 0 Å². The highest BCUT2D eigenvalue weighted by atomic mass is 32.2. The third-order valence-corrected chi connectivity index (χ3v) is 4.35. The van der Waals surface area contributed by atoms with Crippen LogP contribution in [0.3, 0.4) is 0 Å². The summed E-state index contributed by atoms with van der Waals surface area (Å²) in [7, 11) is -3.57. The Morgan fingerprint density at radius 2 is 1.93 bits per heavy atom. The van der Waals surface area contributed by atoms with E-state index in [-0.39, 0.29) is 16.5 Å². The number of sulfonamides is 1. The SMILES string of the molecule is CCN(CC)S(=O)(=O)c1c(N)noc1C. The first-order valence-corrected chi connectivity index (χ1v) is 6.11. The molecule has 0 aromatic carbocycles. The lowest BCUT2D eigenvalue weighted by atomic mass is 10.5. The molecule has 1 aromatic heterocycles. The molecule has 0 aliphatic heterocycles. The average molecular weight is 233 g/mol. The normalized spacial score (nSPS) is 12.3. The van der Waals surface area contributed by atoms with Gasteiger partial charge < -0.3 is 10.3 Å². The number of hydrogen-bond donors (Lipinski definition) is 1. The van der Waals surface area contributed by atoms with Crippen LogP contribution in [-0.4, -0.2) is 31.0 Å². The first-order chi connectivity index (χ1) is 6.95. The van der Waals surface area contributed by atoms with Crippen molar-refractivity contribution in [2.75, 3.05) is 18.8 Å². The molecule has 1 heterocycles. The van der Waals surface area contributed by atoms with E-state index in [9.17, 15) is 8.42 Å². The average Bonchev–Trinajstić information content (AvgIpc) is 2.48. The number of hydrogen-bond acceptors (Lipinski definition) is 5. The maximum atomic E-state index is 12.0. The summed E-state index contributed by atoms with van der Waals surface area (Å²) in [4.78, 5) is -0.0220. The summed E-state index contributed by atoms with van der Waals surface area (Å²) < 4.78 is 30.1. The van der Waals surface area contributed by atoms with Gasteiger partial charge in [-0.15, -0.1) is 0 Å². The second-order valence-corrected chi connectivity index (χ2v) is 4.92. The van der Waals surface area contributed by atoms with E-state index in [1.165, 1.54) is 11.2 Å². The molecule has 15 heavy (non-hydrogen) atoms. The number of aryl methyl sites for hydroxylation is 1. The van der Waals surface area contributed by atoms with E-state index in [1.54, 1.807) is 13.8 Å². The summed E-state index contributed by atoms with van der Waals surface area (Å²) in [6.07, 6.45) is 0. The second-order valence-electron chi connectivity index (χ2n) is 3.04. The molecular weight excluding hydrogens is 218 g/mol. The maximum Gasteiger partial charge on any atom is 0.250 e. The van der Waals surface area contributed by atoms with E-state index in [0.717, 1.165) is 0 Å². The minimum Gasteiger partial charge on any atom is -0.380 e. The zero-order valence-corrected chi connectivity index (χ0v) is 9.84. The molecule has 2 N–H and O–H groups in total. The zero-order chi connectivity index (χ0) is 11.6. The van der Waals surface area contributed by atoms with Gasteiger partial charge in [-0.25, -0.2) is 8.42 Å². The van der Waals surface area contributed by atoms with Crippen molar-refractivity contribution in [1.82, 2.24) is 9.46 Å². The molecule has 0 saturated carbocycles. The van der Waals surface area contributed by atoms with Crippen molar-refractivity contribution in [2.45, 2.75) is 25.7 Å². The minimum absolute atomic E-state index is 0.0220. The van der Waals surface area contributed by atoms with Crippen molar-refractivity contribution in [3.05, 3.63) is 5.76 Å². The van der Waals surface area contributed by atoms with Gasteiger partial charge in [0, 0.05) is 13.1 Å². The van der Waals surface area contributed by atoms with Crippen LogP contribution in [0.4, 0.5) is 5.82 Å². The number of nitrogens with two attached hydrogens (primary N) is 1. The largest absolute Gasteiger partial charge is 0.380 e. The van der Waals surface area contributed by atoms with Crippen LogP contribution in [-0.2, 0) is 10.0 Å². The van der Waals surface area contributed by atoms with Gasteiger partial charge in [-0.3, -0.25) is 0 Å². The molecule has 0 bridgehead atoms. The lowest BCUT2D eigenvalue weighted by Crippen LogP contribution is -2.31. The quantitative estimate of drug-likeness (QED) is 0.822. The molecule has 6 nitrogen and oxygen atoms in total. The summed E-state index contributed by atoms with van der Waals surface area (Å²) in [6.45, 7) is 5.84. The van der Waals surface area contributed by atoms with Gasteiger partial charge in [0.2, 0.25) is 10.0 Å². The molecule has 1 rings (SSSR count). The van der Waals surface area contributed by atoms with Crippen molar-refractivity contribution in [3.8, 4) is 0 Å². The molecule has 0 amide bonds. The molecule has 1 aromatic rings. The van der Waals surface area contributed by atoms with E-state index >= 15 is 0 Å². The Kier molecular flexibility index (Phi) is 3.35. The van der Waals surface area contributed by atoms with Gasteiger partial charge in [0.05, 0.1) is 0 Å². The van der Waals surface area contributed by atoms with E-state index in [0.29, 0.717) is 13.1 Å². The van der Waals surface area contributed by atoms with Crippen LogP contribution in [0.2, 0.25) is 0 Å². The summed E-state index contributed by atoms with van der Waals surface area (Å²) in [5.74, 6) is 0.138. The number of nitrogen functional groups attached to an aromatic ring is 1. The Morgan fingerprint density at radius 3 is 2.27 bits per heavy atom. The highest BCUT2D eigenvalue weighted by Crippen LogP contribution is 2.24. The number of anilines is 1. The Bertz CT molecular complexity index is 414. The highest BCUT2D eigenvalue weighted by molar-refractivity contribution is 7.89. The molecule has 7 heteroatoms. The van der Waals surface area contributed by atoms with Gasteiger partial charge in [0.1, 0.15) is 0 Å². The van der Waals surface area contributed by atoms with Crippen LogP contribution < -0.4 is 5.73 Å². The first kappa shape index (κ1) is 12.0. The summed E-state index contributed by atoms with van der Waals surface area (Å²) in [5, 5.41) is 3.43. The lowest BCUT2D eigenvalue weighted by molar-refractivity contribution is 0.394. The standard InChI is InChI=1S/C8H15N3O3S/c1-4-11(5-2)15(12,13)7-6(3)14-10-8(7)9/h4-5H2,1-3H3,(H2,9,10). The summed E-state index contributed by atoms with van der Waals surface area (Å²) >= 11 is 0. The van der Waals surface area contributed by atoms with Crippen molar-refractivity contribution >= 4 is 15.8 Å². The van der Waals surface area contributed by atoms with Crippen LogP contribution in [0.15, 0.2) is 9.42 Å². The van der Waals surface area contributed by atoms with E-state index in [1.807, 2.05) is 0 Å². The Labute approximate surface area is 89.1 Å². The number of rotatable bonds is 4. The fourth-order valence-corrected chi connectivity index (χ4v) is 3.03. The monoisotopic (exact) mass is 233 g/mol. The minimum atomic E-state index is -3.57. The van der Waals surface area contributed by atoms with Gasteiger partial charge in [-0.2, -0.15) is 4.31 Å². The predicted molar refractivity (Wildman–Crippen MR) is 55.8 cm³/mol. The van der Waals surface area contributed by atoms with Gasteiger partial charge >= 0.3 is 0 Å². The van der Waals surface area contributed by atoms with Gasteiger partial charge in [0.15, 0.2) is 16.5 Å². The smallest absolute Gasteiger partial charge is 0.250 e. The van der Waals surface area contributed by atoms with Gasteiger partial charge in [-0.05, 0) is 6.92 Å². The number of aromatic nitrogens is 1. The molecule has 0 unspecified atom stereocenters. The molecule has 86 valence electrons. The van der Waals surface area contributed by atoms with Crippen LogP contribution in [0.25, 0.3) is 0 Å². The fraction of sp³-hybridized carbons (Fsp3) is 0.625. The van der Waals surface area contributed by atoms with E-state index in [2.05, 4.69) is 5.16 Å². The van der Waals surface area contributed by atoms with Crippen LogP contribution in [0.5, 0.6) is 0 Å². The van der Waals surface area contributed by atoms with Crippen molar-refractivity contribution < 1.29 is 12.9 Å². The first-order valence-electron chi connectivity index (χ1n) is 4.67. The van der Waals surface area contributed by atoms with Crippen molar-refractivity contribution in [1.29, 1.82) is 0 Å². The summed E-state index contributed by atoms with van der Waals surface area (Å²) in [5.41, 5.74) is 5.46. The molecular formula is C8H15N3O3S. The van der Waals surface area contributed by atoms with Crippen LogP contribution >= 0.6 is 0 Å². The summed E-state index contributed by atoms with van der Waals surface area (Å²) in [6, 6.07) is 0. The highest BCUT2D eigenvalue weighted by Gasteiger charge is 2.29. The molecule has 0 atom stereocenters. The molecule has 0 saturated heterocycles. The van der Waals surface area contributed by atoms with Crippen LogP contribution in [0.1, 0.15) is 19.6 Å². The lowest BCUT2D eigenvalue weighted by Gasteiger charge is -2.17. The van der Waals surface area contributed by atoms with Gasteiger partial charge in [0.25, 0.3) is 0 Å². The predicted octanol–water partition coefficient (Wildman–Crippen LogP) is 0.596. The second kappa shape index (κ2) is 4.19. The van der Waals surface area contributed by atoms with Gasteiger partial charge in [-0.1, -0.05) is 19.0 Å². The van der Waals surface area contributed by atoms with E-state index < -0.39 is 10.0 Å². The Hall–Kier alpha value is -1.08. The van der Waals surface area contributed by atoms with Crippen LogP contribution in [0, 0.1) is 6.92 Å². The number of nitrogens with zero attached hydrogens (tertiary/aromatic N) is 2. The Morgan fingerprint density at radius 1 is 1.40 bits per heavy atom. The molecule has 0 spiro atoms. The topological polar surface area (TPSA) is 89.4 Å². The molecule has 0 radical (unpaired) electrons.